The van der Waals surface area contributed by atoms with Gasteiger partial charge in [-0.05, 0) is 30.5 Å². The Labute approximate surface area is 138 Å². The zero-order chi connectivity index (χ0) is 15.1. The predicted molar refractivity (Wildman–Crippen MR) is 89.2 cm³/mol. The molecule has 0 radical (unpaired) electrons. The summed E-state index contributed by atoms with van der Waals surface area (Å²) in [5.41, 5.74) is 3.11. The Morgan fingerprint density at radius 3 is 2.55 bits per heavy atom. The van der Waals surface area contributed by atoms with Crippen LogP contribution < -0.4 is 16.0 Å². The predicted octanol–water partition coefficient (Wildman–Crippen LogP) is 2.38. The molecule has 0 unspecified atom stereocenters. The van der Waals surface area contributed by atoms with E-state index in [2.05, 4.69) is 44.0 Å². The van der Waals surface area contributed by atoms with Crippen molar-refractivity contribution in [3.63, 3.8) is 0 Å². The molecule has 4 nitrogen and oxygen atoms in total. The highest BCUT2D eigenvalue weighted by Gasteiger charge is 2.38. The van der Waals surface area contributed by atoms with Gasteiger partial charge in [-0.3, -0.25) is 4.79 Å². The summed E-state index contributed by atoms with van der Waals surface area (Å²) in [7, 11) is 0. The summed E-state index contributed by atoms with van der Waals surface area (Å²) in [6.45, 7) is 0.631. The van der Waals surface area contributed by atoms with Crippen LogP contribution in [-0.2, 0) is 4.79 Å². The Hall–Kier alpha value is -1.33. The molecule has 0 saturated heterocycles. The molecule has 0 spiro atoms. The van der Waals surface area contributed by atoms with Gasteiger partial charge in [0.25, 0.3) is 5.91 Å². The van der Waals surface area contributed by atoms with E-state index in [0.717, 1.165) is 21.3 Å². The molecule has 0 aromatic heterocycles. The average Bonchev–Trinajstić information content (AvgIpc) is 2.79. The van der Waals surface area contributed by atoms with Gasteiger partial charge in [0, 0.05) is 22.3 Å². The van der Waals surface area contributed by atoms with Gasteiger partial charge in [0.05, 0.1) is 18.2 Å². The maximum atomic E-state index is 12.4. The maximum Gasteiger partial charge on any atom is 0.251 e. The molecule has 0 bridgehead atoms. The minimum absolute atomic E-state index is 0.0220. The van der Waals surface area contributed by atoms with Crippen LogP contribution in [-0.4, -0.2) is 24.5 Å². The molecule has 3 aliphatic rings. The quantitative estimate of drug-likeness (QED) is 0.719. The van der Waals surface area contributed by atoms with Crippen LogP contribution in [0.25, 0.3) is 0 Å². The Kier molecular flexibility index (Phi) is 3.70. The zero-order valence-electron chi connectivity index (χ0n) is 12.4. The molecule has 1 aromatic rings. The summed E-state index contributed by atoms with van der Waals surface area (Å²) in [4.78, 5) is 12.4. The molecule has 2 heterocycles. The van der Waals surface area contributed by atoms with Crippen molar-refractivity contribution in [3.05, 3.63) is 45.6 Å². The van der Waals surface area contributed by atoms with Crippen molar-refractivity contribution in [2.24, 2.45) is 0 Å². The smallest absolute Gasteiger partial charge is 0.251 e. The molecule has 3 atom stereocenters. The molecule has 1 amide bonds. The minimum Gasteiger partial charge on any atom is -0.382 e. The third kappa shape index (κ3) is 2.46. The van der Waals surface area contributed by atoms with Gasteiger partial charge in [-0.15, -0.1) is 0 Å². The van der Waals surface area contributed by atoms with Crippen molar-refractivity contribution < 1.29 is 4.79 Å². The fraction of sp³-hybridized carbons (Fsp3) is 0.471. The first-order chi connectivity index (χ1) is 10.7. The highest BCUT2D eigenvalue weighted by atomic mass is 79.9. The SMILES string of the molecule is O=C1NCC2=C1[C@H](c1ccc(Br)cc1)N[C@@H]1CCCC[C@H]1N2. The second kappa shape index (κ2) is 5.70. The molecule has 4 rings (SSSR count). The molecule has 1 aliphatic carbocycles. The Balaban J connectivity index is 1.74. The van der Waals surface area contributed by atoms with Crippen LogP contribution in [0.5, 0.6) is 0 Å². The van der Waals surface area contributed by atoms with E-state index in [1.54, 1.807) is 0 Å². The summed E-state index contributed by atoms with van der Waals surface area (Å²) in [5, 5.41) is 10.4. The monoisotopic (exact) mass is 361 g/mol. The van der Waals surface area contributed by atoms with Crippen molar-refractivity contribution in [3.8, 4) is 0 Å². The third-order valence-corrected chi connectivity index (χ3v) is 5.52. The molecule has 116 valence electrons. The number of nitrogens with one attached hydrogen (secondary N) is 3. The summed E-state index contributed by atoms with van der Waals surface area (Å²) in [5.74, 6) is 0.0570. The van der Waals surface area contributed by atoms with Crippen molar-refractivity contribution in [1.29, 1.82) is 0 Å². The molecular weight excluding hydrogens is 342 g/mol. The van der Waals surface area contributed by atoms with Crippen LogP contribution in [0.15, 0.2) is 40.0 Å². The highest BCUT2D eigenvalue weighted by molar-refractivity contribution is 9.10. The molecular formula is C17H20BrN3O. The van der Waals surface area contributed by atoms with E-state index >= 15 is 0 Å². The standard InChI is InChI=1S/C17H20BrN3O/c18-11-7-5-10(6-8-11)16-15-14(9-19-17(15)22)20-12-3-1-2-4-13(12)21-16/h5-8,12-13,16,20-21H,1-4,9H2,(H,19,22)/t12-,13-,16+/m1/s1. The summed E-state index contributed by atoms with van der Waals surface area (Å²) in [6.07, 6.45) is 4.88. The number of amides is 1. The molecule has 3 N–H and O–H groups in total. The van der Waals surface area contributed by atoms with Gasteiger partial charge in [0.15, 0.2) is 0 Å². The zero-order valence-corrected chi connectivity index (χ0v) is 13.9. The first-order valence-electron chi connectivity index (χ1n) is 8.01. The average molecular weight is 362 g/mol. The van der Waals surface area contributed by atoms with E-state index in [1.807, 2.05) is 12.1 Å². The lowest BCUT2D eigenvalue weighted by Crippen LogP contribution is -2.49. The Morgan fingerprint density at radius 1 is 1.05 bits per heavy atom. The first kappa shape index (κ1) is 14.3. The number of rotatable bonds is 1. The third-order valence-electron chi connectivity index (χ3n) is 4.99. The van der Waals surface area contributed by atoms with Crippen molar-refractivity contribution >= 4 is 21.8 Å². The molecule has 2 aliphatic heterocycles. The van der Waals surface area contributed by atoms with Crippen LogP contribution in [0, 0.1) is 0 Å². The van der Waals surface area contributed by atoms with Gasteiger partial charge in [0.1, 0.15) is 0 Å². The second-order valence-corrected chi connectivity index (χ2v) is 7.28. The lowest BCUT2D eigenvalue weighted by atomic mass is 9.89. The molecule has 1 saturated carbocycles. The number of fused-ring (bicyclic) bond motifs is 1. The summed E-state index contributed by atoms with van der Waals surface area (Å²) < 4.78 is 1.06. The van der Waals surface area contributed by atoms with E-state index in [-0.39, 0.29) is 11.9 Å². The number of benzene rings is 1. The van der Waals surface area contributed by atoms with Crippen LogP contribution >= 0.6 is 15.9 Å². The Bertz CT molecular complexity index is 625. The lowest BCUT2D eigenvalue weighted by Gasteiger charge is -2.34. The maximum absolute atomic E-state index is 12.4. The molecule has 1 aromatic carbocycles. The minimum atomic E-state index is -0.0220. The van der Waals surface area contributed by atoms with Crippen LogP contribution in [0.3, 0.4) is 0 Å². The van der Waals surface area contributed by atoms with E-state index in [1.165, 1.54) is 25.7 Å². The van der Waals surface area contributed by atoms with Gasteiger partial charge in [0.2, 0.25) is 0 Å². The van der Waals surface area contributed by atoms with E-state index in [0.29, 0.717) is 18.6 Å². The fourth-order valence-corrected chi connectivity index (χ4v) is 4.14. The van der Waals surface area contributed by atoms with E-state index < -0.39 is 0 Å². The van der Waals surface area contributed by atoms with Gasteiger partial charge < -0.3 is 16.0 Å². The number of carbonyl (C=O) groups is 1. The number of halogens is 1. The molecule has 5 heteroatoms. The first-order valence-corrected chi connectivity index (χ1v) is 8.81. The van der Waals surface area contributed by atoms with Crippen LogP contribution in [0.4, 0.5) is 0 Å². The van der Waals surface area contributed by atoms with Crippen LogP contribution in [0.1, 0.15) is 37.3 Å². The Morgan fingerprint density at radius 2 is 1.77 bits per heavy atom. The number of hydrogen-bond acceptors (Lipinski definition) is 3. The van der Waals surface area contributed by atoms with Crippen molar-refractivity contribution in [2.45, 2.75) is 43.8 Å². The normalized spacial score (nSPS) is 31.0. The molecule has 22 heavy (non-hydrogen) atoms. The van der Waals surface area contributed by atoms with Gasteiger partial charge >= 0.3 is 0 Å². The van der Waals surface area contributed by atoms with Crippen LogP contribution in [0.2, 0.25) is 0 Å². The summed E-state index contributed by atoms with van der Waals surface area (Å²) >= 11 is 3.48. The topological polar surface area (TPSA) is 53.2 Å². The van der Waals surface area contributed by atoms with Gasteiger partial charge in [-0.25, -0.2) is 0 Å². The van der Waals surface area contributed by atoms with Crippen molar-refractivity contribution in [1.82, 2.24) is 16.0 Å². The van der Waals surface area contributed by atoms with E-state index in [9.17, 15) is 4.79 Å². The fourth-order valence-electron chi connectivity index (χ4n) is 3.87. The summed E-state index contributed by atoms with van der Waals surface area (Å²) in [6, 6.07) is 9.13. The second-order valence-electron chi connectivity index (χ2n) is 6.37. The number of hydrogen-bond donors (Lipinski definition) is 3. The van der Waals surface area contributed by atoms with Gasteiger partial charge in [-0.1, -0.05) is 40.9 Å². The highest BCUT2D eigenvalue weighted by Crippen LogP contribution is 2.33. The van der Waals surface area contributed by atoms with E-state index in [4.69, 9.17) is 0 Å². The van der Waals surface area contributed by atoms with Crippen molar-refractivity contribution in [2.75, 3.05) is 6.54 Å². The molecule has 1 fully saturated rings. The van der Waals surface area contributed by atoms with Gasteiger partial charge in [-0.2, -0.15) is 0 Å². The lowest BCUT2D eigenvalue weighted by molar-refractivity contribution is -0.117. The number of carbonyl (C=O) groups excluding carboxylic acids is 1. The largest absolute Gasteiger partial charge is 0.382 e.